The average molecular weight is 420 g/mol. The zero-order valence-electron chi connectivity index (χ0n) is 14.7. The highest BCUT2D eigenvalue weighted by molar-refractivity contribution is 7.89. The smallest absolute Gasteiger partial charge is 0.245 e. The first-order valence-corrected chi connectivity index (χ1v) is 10.3. The van der Waals surface area contributed by atoms with Gasteiger partial charge in [-0.15, -0.1) is 0 Å². The van der Waals surface area contributed by atoms with Crippen molar-refractivity contribution in [3.05, 3.63) is 83.8 Å². The summed E-state index contributed by atoms with van der Waals surface area (Å²) in [7, 11) is -3.86. The van der Waals surface area contributed by atoms with Crippen LogP contribution < -0.4 is 4.72 Å². The minimum absolute atomic E-state index is 0.0507. The number of allylic oxidation sites excluding steroid dienone is 1. The van der Waals surface area contributed by atoms with E-state index in [0.29, 0.717) is 17.7 Å². The molecule has 1 aliphatic heterocycles. The maximum atomic E-state index is 12.9. The number of carbonyl (C=O) groups excluding carboxylic acids is 1. The fourth-order valence-corrected chi connectivity index (χ4v) is 4.01. The highest BCUT2D eigenvalue weighted by Gasteiger charge is 2.27. The van der Waals surface area contributed by atoms with Crippen molar-refractivity contribution in [1.82, 2.24) is 4.72 Å². The molecule has 8 heteroatoms. The van der Waals surface area contributed by atoms with Crippen LogP contribution in [-0.2, 0) is 30.7 Å². The molecular weight excluding hydrogens is 402 g/mol. The summed E-state index contributed by atoms with van der Waals surface area (Å²) in [5.41, 5.74) is 1.49. The van der Waals surface area contributed by atoms with E-state index in [1.807, 2.05) is 30.3 Å². The molecule has 1 unspecified atom stereocenters. The SMILES string of the molecule is O=C(Cl)C=Cc1cccc(S(=O)(=O)NC(Cc2ccccc2)C2=COCO2)c1. The first-order chi connectivity index (χ1) is 13.4. The molecule has 2 aromatic rings. The molecule has 2 aromatic carbocycles. The third kappa shape index (κ3) is 5.45. The van der Waals surface area contributed by atoms with E-state index in [1.165, 1.54) is 24.5 Å². The largest absolute Gasteiger partial charge is 0.462 e. The molecule has 1 heterocycles. The van der Waals surface area contributed by atoms with Gasteiger partial charge in [-0.25, -0.2) is 13.1 Å². The van der Waals surface area contributed by atoms with E-state index in [2.05, 4.69) is 4.72 Å². The highest BCUT2D eigenvalue weighted by atomic mass is 35.5. The molecule has 0 aromatic heterocycles. The Morgan fingerprint density at radius 2 is 1.96 bits per heavy atom. The molecule has 146 valence electrons. The molecule has 1 aliphatic rings. The number of ether oxygens (including phenoxy) is 2. The molecule has 0 aliphatic carbocycles. The predicted molar refractivity (Wildman–Crippen MR) is 106 cm³/mol. The first-order valence-electron chi connectivity index (χ1n) is 8.42. The van der Waals surface area contributed by atoms with Crippen molar-refractivity contribution < 1.29 is 22.7 Å². The number of hydrogen-bond donors (Lipinski definition) is 1. The van der Waals surface area contributed by atoms with Crippen LogP contribution in [0.3, 0.4) is 0 Å². The topological polar surface area (TPSA) is 81.7 Å². The zero-order valence-corrected chi connectivity index (χ0v) is 16.3. The van der Waals surface area contributed by atoms with E-state index in [9.17, 15) is 13.2 Å². The Labute approximate surface area is 168 Å². The van der Waals surface area contributed by atoms with Crippen LogP contribution in [0.2, 0.25) is 0 Å². The summed E-state index contributed by atoms with van der Waals surface area (Å²) in [6, 6.07) is 15.0. The van der Waals surface area contributed by atoms with Crippen molar-refractivity contribution in [3.8, 4) is 0 Å². The molecule has 6 nitrogen and oxygen atoms in total. The molecule has 0 bridgehead atoms. The van der Waals surface area contributed by atoms with Crippen LogP contribution >= 0.6 is 11.6 Å². The molecule has 1 N–H and O–H groups in total. The number of hydrogen-bond acceptors (Lipinski definition) is 5. The summed E-state index contributed by atoms with van der Waals surface area (Å²) in [4.78, 5) is 10.9. The number of halogens is 1. The third-order valence-electron chi connectivity index (χ3n) is 3.99. The van der Waals surface area contributed by atoms with Gasteiger partial charge in [-0.2, -0.15) is 0 Å². The second kappa shape index (κ2) is 9.05. The summed E-state index contributed by atoms with van der Waals surface area (Å²) in [6.07, 6.45) is 4.43. The molecule has 28 heavy (non-hydrogen) atoms. The number of benzene rings is 2. The molecule has 3 rings (SSSR count). The molecular formula is C20H18ClNO5S. The summed E-state index contributed by atoms with van der Waals surface area (Å²) < 4.78 is 39.0. The molecule has 0 spiro atoms. The van der Waals surface area contributed by atoms with Gasteiger partial charge in [0.25, 0.3) is 0 Å². The van der Waals surface area contributed by atoms with E-state index >= 15 is 0 Å². The Bertz CT molecular complexity index is 1000. The van der Waals surface area contributed by atoms with Gasteiger partial charge in [-0.3, -0.25) is 4.79 Å². The van der Waals surface area contributed by atoms with E-state index in [0.717, 1.165) is 11.6 Å². The Balaban J connectivity index is 1.85. The maximum Gasteiger partial charge on any atom is 0.245 e. The van der Waals surface area contributed by atoms with Gasteiger partial charge >= 0.3 is 0 Å². The van der Waals surface area contributed by atoms with Crippen molar-refractivity contribution >= 4 is 32.9 Å². The van der Waals surface area contributed by atoms with Gasteiger partial charge < -0.3 is 9.47 Å². The minimum atomic E-state index is -3.86. The maximum absolute atomic E-state index is 12.9. The Morgan fingerprint density at radius 1 is 1.18 bits per heavy atom. The average Bonchev–Trinajstić information content (AvgIpc) is 3.22. The zero-order chi connectivity index (χ0) is 20.0. The van der Waals surface area contributed by atoms with E-state index < -0.39 is 21.3 Å². The molecule has 1 atom stereocenters. The quantitative estimate of drug-likeness (QED) is 0.525. The Hall–Kier alpha value is -2.61. The summed E-state index contributed by atoms with van der Waals surface area (Å²) in [6.45, 7) is 0.0507. The van der Waals surface area contributed by atoms with Crippen LogP contribution in [0, 0.1) is 0 Å². The summed E-state index contributed by atoms with van der Waals surface area (Å²) >= 11 is 5.29. The van der Waals surface area contributed by atoms with E-state index in [1.54, 1.807) is 12.1 Å². The van der Waals surface area contributed by atoms with Crippen molar-refractivity contribution in [2.45, 2.75) is 17.4 Å². The third-order valence-corrected chi connectivity index (χ3v) is 5.59. The van der Waals surface area contributed by atoms with Crippen LogP contribution in [-0.4, -0.2) is 26.5 Å². The fourth-order valence-electron chi connectivity index (χ4n) is 2.69. The van der Waals surface area contributed by atoms with Crippen LogP contribution in [0.1, 0.15) is 11.1 Å². The Kier molecular flexibility index (Phi) is 6.51. The number of sulfonamides is 1. The van der Waals surface area contributed by atoms with Gasteiger partial charge in [0.05, 0.1) is 10.9 Å². The monoisotopic (exact) mass is 419 g/mol. The van der Waals surface area contributed by atoms with Crippen molar-refractivity contribution in [2.75, 3.05) is 6.79 Å². The number of nitrogens with one attached hydrogen (secondary N) is 1. The minimum Gasteiger partial charge on any atom is -0.462 e. The number of carbonyl (C=O) groups is 1. The second-order valence-corrected chi connectivity index (χ2v) is 8.11. The lowest BCUT2D eigenvalue weighted by Gasteiger charge is -2.19. The van der Waals surface area contributed by atoms with Crippen LogP contribution in [0.4, 0.5) is 0 Å². The molecule has 0 amide bonds. The Morgan fingerprint density at radius 3 is 2.64 bits per heavy atom. The fraction of sp³-hybridized carbons (Fsp3) is 0.150. The van der Waals surface area contributed by atoms with Crippen molar-refractivity contribution in [2.24, 2.45) is 0 Å². The lowest BCUT2D eigenvalue weighted by Crippen LogP contribution is -2.38. The summed E-state index contributed by atoms with van der Waals surface area (Å²) in [5, 5.41) is -0.639. The van der Waals surface area contributed by atoms with Crippen LogP contribution in [0.25, 0.3) is 6.08 Å². The van der Waals surface area contributed by atoms with E-state index in [-0.39, 0.29) is 11.7 Å². The van der Waals surface area contributed by atoms with Gasteiger partial charge in [-0.1, -0.05) is 48.5 Å². The van der Waals surface area contributed by atoms with E-state index in [4.69, 9.17) is 21.1 Å². The van der Waals surface area contributed by atoms with Crippen LogP contribution in [0.5, 0.6) is 0 Å². The predicted octanol–water partition coefficient (Wildman–Crippen LogP) is 3.20. The van der Waals surface area contributed by atoms with Gasteiger partial charge in [0.15, 0.2) is 5.76 Å². The van der Waals surface area contributed by atoms with Crippen molar-refractivity contribution in [3.63, 3.8) is 0 Å². The van der Waals surface area contributed by atoms with Gasteiger partial charge in [0.2, 0.25) is 22.1 Å². The van der Waals surface area contributed by atoms with Gasteiger partial charge in [0.1, 0.15) is 6.26 Å². The molecule has 0 saturated carbocycles. The molecule has 0 fully saturated rings. The lowest BCUT2D eigenvalue weighted by molar-refractivity contribution is -0.107. The summed E-state index contributed by atoms with van der Waals surface area (Å²) in [5.74, 6) is 0.413. The number of rotatable bonds is 8. The lowest BCUT2D eigenvalue weighted by atomic mass is 10.1. The first kappa shape index (κ1) is 20.1. The highest BCUT2D eigenvalue weighted by Crippen LogP contribution is 2.20. The molecule has 0 radical (unpaired) electrons. The van der Waals surface area contributed by atoms with Crippen molar-refractivity contribution in [1.29, 1.82) is 0 Å². The van der Waals surface area contributed by atoms with Gasteiger partial charge in [0, 0.05) is 0 Å². The van der Waals surface area contributed by atoms with Gasteiger partial charge in [-0.05, 0) is 47.4 Å². The standard InChI is InChI=1S/C20H18ClNO5S/c21-20(23)10-9-16-7-4-8-17(11-16)28(24,25)22-18(19-13-26-14-27-19)12-15-5-2-1-3-6-15/h1-11,13,18,22H,12,14H2. The van der Waals surface area contributed by atoms with Crippen LogP contribution in [0.15, 0.2) is 77.6 Å². The second-order valence-electron chi connectivity index (χ2n) is 6.02. The normalized spacial score (nSPS) is 15.0. The molecule has 0 saturated heterocycles.